The van der Waals surface area contributed by atoms with E-state index in [9.17, 15) is 13.2 Å². The van der Waals surface area contributed by atoms with Crippen LogP contribution in [0.2, 0.25) is 0 Å². The molecule has 2 unspecified atom stereocenters. The number of hydrogen-bond acceptors (Lipinski definition) is 2. The number of rotatable bonds is 6. The fraction of sp³-hybridized carbons (Fsp3) is 1.00. The van der Waals surface area contributed by atoms with Crippen LogP contribution in [0.1, 0.15) is 45.4 Å². The molecule has 2 atom stereocenters. The third-order valence-electron chi connectivity index (χ3n) is 3.95. The first-order valence-electron chi connectivity index (χ1n) is 6.98. The van der Waals surface area contributed by atoms with Crippen LogP contribution in [0, 0.1) is 5.92 Å². The van der Waals surface area contributed by atoms with Crippen LogP contribution in [0.3, 0.4) is 0 Å². The third-order valence-corrected chi connectivity index (χ3v) is 3.95. The first kappa shape index (κ1) is 15.8. The van der Waals surface area contributed by atoms with Crippen molar-refractivity contribution in [3.8, 4) is 0 Å². The Balaban J connectivity index is 2.43. The second-order valence-corrected chi connectivity index (χ2v) is 5.19. The molecule has 0 aromatic carbocycles. The molecule has 1 rings (SSSR count). The van der Waals surface area contributed by atoms with Crippen LogP contribution in [-0.2, 0) is 0 Å². The minimum absolute atomic E-state index is 0.200. The van der Waals surface area contributed by atoms with Gasteiger partial charge in [-0.1, -0.05) is 19.8 Å². The summed E-state index contributed by atoms with van der Waals surface area (Å²) >= 11 is 0. The first-order valence-corrected chi connectivity index (χ1v) is 6.98. The molecule has 0 spiro atoms. The molecule has 1 aliphatic rings. The van der Waals surface area contributed by atoms with Crippen molar-refractivity contribution in [2.45, 2.75) is 57.7 Å². The third kappa shape index (κ3) is 5.14. The summed E-state index contributed by atoms with van der Waals surface area (Å²) in [7, 11) is 0. The minimum atomic E-state index is -4.03. The lowest BCUT2D eigenvalue weighted by atomic mass is 9.83. The van der Waals surface area contributed by atoms with Gasteiger partial charge in [-0.2, -0.15) is 13.2 Å². The van der Waals surface area contributed by atoms with E-state index in [0.29, 0.717) is 25.0 Å². The molecule has 0 saturated heterocycles. The summed E-state index contributed by atoms with van der Waals surface area (Å²) in [6.45, 7) is 4.03. The average Bonchev–Trinajstić information content (AvgIpc) is 2.33. The zero-order valence-electron chi connectivity index (χ0n) is 11.2. The van der Waals surface area contributed by atoms with E-state index in [-0.39, 0.29) is 6.42 Å². The lowest BCUT2D eigenvalue weighted by Crippen LogP contribution is -2.45. The van der Waals surface area contributed by atoms with Crippen LogP contribution in [0.25, 0.3) is 0 Å². The number of alkyl halides is 3. The van der Waals surface area contributed by atoms with Crippen LogP contribution >= 0.6 is 0 Å². The van der Waals surface area contributed by atoms with E-state index in [0.717, 1.165) is 19.4 Å². The maximum Gasteiger partial charge on any atom is 0.389 e. The second-order valence-electron chi connectivity index (χ2n) is 5.19. The maximum absolute atomic E-state index is 12.2. The van der Waals surface area contributed by atoms with Gasteiger partial charge < -0.3 is 10.6 Å². The van der Waals surface area contributed by atoms with Crippen LogP contribution in [0.4, 0.5) is 13.2 Å². The molecule has 0 aromatic heterocycles. The maximum atomic E-state index is 12.2. The molecule has 2 N–H and O–H groups in total. The smallest absolute Gasteiger partial charge is 0.330 e. The Bertz CT molecular complexity index is 231. The Kier molecular flexibility index (Phi) is 6.43. The van der Waals surface area contributed by atoms with Crippen molar-refractivity contribution in [3.63, 3.8) is 0 Å². The molecule has 2 nitrogen and oxygen atoms in total. The molecule has 0 heterocycles. The predicted molar refractivity (Wildman–Crippen MR) is 67.3 cm³/mol. The van der Waals surface area contributed by atoms with Gasteiger partial charge in [0.25, 0.3) is 0 Å². The Morgan fingerprint density at radius 3 is 2.44 bits per heavy atom. The van der Waals surface area contributed by atoms with Crippen molar-refractivity contribution in [1.29, 1.82) is 0 Å². The normalized spacial score (nSPS) is 25.7. The van der Waals surface area contributed by atoms with E-state index in [1.165, 1.54) is 12.8 Å². The zero-order valence-corrected chi connectivity index (χ0v) is 11.2. The van der Waals surface area contributed by atoms with E-state index in [4.69, 9.17) is 5.73 Å². The van der Waals surface area contributed by atoms with Gasteiger partial charge in [-0.25, -0.2) is 0 Å². The number of nitrogens with two attached hydrogens (primary N) is 1. The summed E-state index contributed by atoms with van der Waals surface area (Å²) in [4.78, 5) is 2.20. The number of hydrogen-bond donors (Lipinski definition) is 1. The number of nitrogens with zero attached hydrogens (tertiary/aromatic N) is 1. The molecule has 0 radical (unpaired) electrons. The van der Waals surface area contributed by atoms with Gasteiger partial charge in [0.05, 0.1) is 0 Å². The molecule has 18 heavy (non-hydrogen) atoms. The SMILES string of the molecule is CCN(CCCC(F)(F)F)C1CCCCC1CN. The summed E-state index contributed by atoms with van der Waals surface area (Å²) in [5, 5.41) is 0. The molecule has 0 amide bonds. The van der Waals surface area contributed by atoms with E-state index < -0.39 is 12.6 Å². The highest BCUT2D eigenvalue weighted by Crippen LogP contribution is 2.29. The van der Waals surface area contributed by atoms with Crippen LogP contribution in [0.5, 0.6) is 0 Å². The summed E-state index contributed by atoms with van der Waals surface area (Å²) < 4.78 is 36.5. The molecule has 1 fully saturated rings. The Morgan fingerprint density at radius 1 is 1.22 bits per heavy atom. The largest absolute Gasteiger partial charge is 0.389 e. The molecule has 1 aliphatic carbocycles. The molecule has 0 aromatic rings. The fourth-order valence-corrected chi connectivity index (χ4v) is 2.98. The van der Waals surface area contributed by atoms with E-state index in [2.05, 4.69) is 4.90 Å². The average molecular weight is 266 g/mol. The van der Waals surface area contributed by atoms with E-state index >= 15 is 0 Å². The van der Waals surface area contributed by atoms with E-state index in [1.807, 2.05) is 6.92 Å². The fourth-order valence-electron chi connectivity index (χ4n) is 2.98. The monoisotopic (exact) mass is 266 g/mol. The Morgan fingerprint density at radius 2 is 1.89 bits per heavy atom. The van der Waals surface area contributed by atoms with Crippen molar-refractivity contribution in [2.75, 3.05) is 19.6 Å². The Labute approximate surface area is 108 Å². The first-order chi connectivity index (χ1) is 8.48. The van der Waals surface area contributed by atoms with Crippen LogP contribution < -0.4 is 5.73 Å². The molecule has 1 saturated carbocycles. The molecule has 5 heteroatoms. The zero-order chi connectivity index (χ0) is 13.6. The highest BCUT2D eigenvalue weighted by molar-refractivity contribution is 4.83. The summed E-state index contributed by atoms with van der Waals surface area (Å²) in [6, 6.07) is 0.391. The molecular weight excluding hydrogens is 241 g/mol. The van der Waals surface area contributed by atoms with Crippen LogP contribution in [0.15, 0.2) is 0 Å². The van der Waals surface area contributed by atoms with Crippen molar-refractivity contribution in [1.82, 2.24) is 4.90 Å². The van der Waals surface area contributed by atoms with Gasteiger partial charge in [0.1, 0.15) is 0 Å². The Hall–Kier alpha value is -0.290. The van der Waals surface area contributed by atoms with Crippen molar-refractivity contribution in [2.24, 2.45) is 11.7 Å². The van der Waals surface area contributed by atoms with Gasteiger partial charge in [0.15, 0.2) is 0 Å². The predicted octanol–water partition coefficient (Wildman–Crippen LogP) is 3.17. The molecular formula is C13H25F3N2. The summed E-state index contributed by atoms with van der Waals surface area (Å²) in [5.74, 6) is 0.463. The highest BCUT2D eigenvalue weighted by atomic mass is 19.4. The summed E-state index contributed by atoms with van der Waals surface area (Å²) in [5.41, 5.74) is 5.78. The van der Waals surface area contributed by atoms with Gasteiger partial charge in [-0.15, -0.1) is 0 Å². The standard InChI is InChI=1S/C13H25F3N2/c1-2-18(9-5-8-13(14,15)16)12-7-4-3-6-11(12)10-17/h11-12H,2-10,17H2,1H3. The van der Waals surface area contributed by atoms with Gasteiger partial charge in [0, 0.05) is 12.5 Å². The second kappa shape index (κ2) is 7.34. The highest BCUT2D eigenvalue weighted by Gasteiger charge is 2.30. The van der Waals surface area contributed by atoms with Gasteiger partial charge in [-0.3, -0.25) is 0 Å². The van der Waals surface area contributed by atoms with Crippen molar-refractivity contribution >= 4 is 0 Å². The topological polar surface area (TPSA) is 29.3 Å². The lowest BCUT2D eigenvalue weighted by Gasteiger charge is -2.39. The van der Waals surface area contributed by atoms with Crippen molar-refractivity contribution < 1.29 is 13.2 Å². The molecule has 108 valence electrons. The molecule has 0 aliphatic heterocycles. The van der Waals surface area contributed by atoms with Gasteiger partial charge >= 0.3 is 6.18 Å². The van der Waals surface area contributed by atoms with E-state index in [1.54, 1.807) is 0 Å². The van der Waals surface area contributed by atoms with Gasteiger partial charge in [-0.05, 0) is 44.8 Å². The van der Waals surface area contributed by atoms with Crippen LogP contribution in [-0.4, -0.2) is 36.8 Å². The summed E-state index contributed by atoms with van der Waals surface area (Å²) in [6.07, 6.45) is 0.0853. The minimum Gasteiger partial charge on any atom is -0.330 e. The quantitative estimate of drug-likeness (QED) is 0.800. The van der Waals surface area contributed by atoms with Gasteiger partial charge in [0.2, 0.25) is 0 Å². The van der Waals surface area contributed by atoms with Crippen molar-refractivity contribution in [3.05, 3.63) is 0 Å². The number of halogens is 3. The molecule has 0 bridgehead atoms. The lowest BCUT2D eigenvalue weighted by molar-refractivity contribution is -0.136.